The van der Waals surface area contributed by atoms with Crippen LogP contribution in [-0.2, 0) is 0 Å². The number of aromatic nitrogens is 3. The van der Waals surface area contributed by atoms with Crippen LogP contribution < -0.4 is 5.56 Å². The predicted octanol–water partition coefficient (Wildman–Crippen LogP) is 3.25. The van der Waals surface area contributed by atoms with Gasteiger partial charge in [-0.15, -0.1) is 0 Å². The summed E-state index contributed by atoms with van der Waals surface area (Å²) in [5, 5.41) is 9.48. The van der Waals surface area contributed by atoms with Gasteiger partial charge in [0.15, 0.2) is 5.65 Å². The monoisotopic (exact) mass is 312 g/mol. The molecule has 2 aromatic carbocycles. The SMILES string of the molecule is N#Cc1ccc(-c2cn(-c3ccccc3)c3nc[nH]c(=O)c23)cc1. The van der Waals surface area contributed by atoms with Crippen LogP contribution in [0, 0.1) is 11.3 Å². The molecule has 5 heteroatoms. The highest BCUT2D eigenvalue weighted by atomic mass is 16.1. The van der Waals surface area contributed by atoms with Crippen molar-refractivity contribution in [2.45, 2.75) is 0 Å². The molecule has 0 aliphatic rings. The van der Waals surface area contributed by atoms with Crippen LogP contribution in [0.1, 0.15) is 5.56 Å². The van der Waals surface area contributed by atoms with Crippen LogP contribution in [0.4, 0.5) is 0 Å². The molecule has 0 spiro atoms. The summed E-state index contributed by atoms with van der Waals surface area (Å²) in [6.45, 7) is 0. The number of nitrogens with one attached hydrogen (secondary N) is 1. The maximum atomic E-state index is 12.4. The molecule has 0 saturated heterocycles. The third-order valence-electron chi connectivity index (χ3n) is 3.95. The molecule has 0 unspecified atom stereocenters. The fourth-order valence-corrected chi connectivity index (χ4v) is 2.80. The molecule has 0 atom stereocenters. The van der Waals surface area contributed by atoms with Crippen LogP contribution in [0.2, 0.25) is 0 Å². The molecule has 5 nitrogen and oxygen atoms in total. The fourth-order valence-electron chi connectivity index (χ4n) is 2.80. The number of nitrogens with zero attached hydrogens (tertiary/aromatic N) is 3. The van der Waals surface area contributed by atoms with E-state index in [4.69, 9.17) is 5.26 Å². The second-order valence-corrected chi connectivity index (χ2v) is 5.37. The van der Waals surface area contributed by atoms with E-state index in [1.54, 1.807) is 12.1 Å². The molecule has 0 bridgehead atoms. The predicted molar refractivity (Wildman–Crippen MR) is 91.8 cm³/mol. The highest BCUT2D eigenvalue weighted by Gasteiger charge is 2.15. The van der Waals surface area contributed by atoms with Crippen LogP contribution in [0.15, 0.2) is 71.9 Å². The molecule has 0 saturated carbocycles. The number of rotatable bonds is 2. The van der Waals surface area contributed by atoms with Gasteiger partial charge in [-0.3, -0.25) is 4.79 Å². The van der Waals surface area contributed by atoms with Crippen molar-refractivity contribution in [3.8, 4) is 22.9 Å². The summed E-state index contributed by atoms with van der Waals surface area (Å²) in [5.41, 5.74) is 3.58. The first kappa shape index (κ1) is 14.0. The van der Waals surface area contributed by atoms with E-state index >= 15 is 0 Å². The lowest BCUT2D eigenvalue weighted by molar-refractivity contribution is 1.07. The number of aromatic amines is 1. The Labute approximate surface area is 137 Å². The van der Waals surface area contributed by atoms with Crippen molar-refractivity contribution in [1.82, 2.24) is 14.5 Å². The van der Waals surface area contributed by atoms with E-state index in [1.165, 1.54) is 6.33 Å². The average Bonchev–Trinajstić information content (AvgIpc) is 3.04. The quantitative estimate of drug-likeness (QED) is 0.617. The highest BCUT2D eigenvalue weighted by molar-refractivity contribution is 5.94. The number of nitriles is 1. The standard InChI is InChI=1S/C19H12N4O/c20-10-13-6-8-14(9-7-13)16-11-23(15-4-2-1-3-5-15)18-17(16)19(24)22-12-21-18/h1-9,11-12H,(H,21,22,24). The normalized spacial score (nSPS) is 10.6. The molecular formula is C19H12N4O. The van der Waals surface area contributed by atoms with Crippen LogP contribution in [0.25, 0.3) is 27.8 Å². The Kier molecular flexibility index (Phi) is 3.22. The summed E-state index contributed by atoms with van der Waals surface area (Å²) in [4.78, 5) is 19.4. The molecule has 0 amide bonds. The minimum atomic E-state index is -0.186. The molecule has 0 aliphatic heterocycles. The average molecular weight is 312 g/mol. The van der Waals surface area contributed by atoms with Gasteiger partial charge in [0.2, 0.25) is 0 Å². The van der Waals surface area contributed by atoms with E-state index in [0.29, 0.717) is 16.6 Å². The van der Waals surface area contributed by atoms with Crippen molar-refractivity contribution >= 4 is 11.0 Å². The van der Waals surface area contributed by atoms with Gasteiger partial charge in [-0.25, -0.2) is 4.98 Å². The Morgan fingerprint density at radius 3 is 2.50 bits per heavy atom. The van der Waals surface area contributed by atoms with E-state index in [0.717, 1.165) is 16.8 Å². The maximum absolute atomic E-state index is 12.4. The van der Waals surface area contributed by atoms with Crippen molar-refractivity contribution in [2.24, 2.45) is 0 Å². The van der Waals surface area contributed by atoms with Crippen molar-refractivity contribution in [3.05, 3.63) is 83.0 Å². The lowest BCUT2D eigenvalue weighted by Gasteiger charge is -2.03. The molecular weight excluding hydrogens is 300 g/mol. The smallest absolute Gasteiger partial charge is 0.260 e. The third-order valence-corrected chi connectivity index (χ3v) is 3.95. The second-order valence-electron chi connectivity index (χ2n) is 5.37. The van der Waals surface area contributed by atoms with Gasteiger partial charge in [-0.05, 0) is 29.8 Å². The summed E-state index contributed by atoms with van der Waals surface area (Å²) in [5.74, 6) is 0. The Bertz CT molecular complexity index is 1120. The first-order valence-electron chi connectivity index (χ1n) is 7.42. The molecule has 114 valence electrons. The third kappa shape index (κ3) is 2.18. The zero-order chi connectivity index (χ0) is 16.5. The number of hydrogen-bond donors (Lipinski definition) is 1. The van der Waals surface area contributed by atoms with Crippen molar-refractivity contribution in [2.75, 3.05) is 0 Å². The number of H-pyrrole nitrogens is 1. The number of para-hydroxylation sites is 1. The molecule has 0 aliphatic carbocycles. The summed E-state index contributed by atoms with van der Waals surface area (Å²) in [7, 11) is 0. The molecule has 0 radical (unpaired) electrons. The maximum Gasteiger partial charge on any atom is 0.260 e. The van der Waals surface area contributed by atoms with Crippen molar-refractivity contribution in [3.63, 3.8) is 0 Å². The molecule has 2 heterocycles. The Morgan fingerprint density at radius 2 is 1.79 bits per heavy atom. The van der Waals surface area contributed by atoms with Gasteiger partial charge >= 0.3 is 0 Å². The molecule has 0 fully saturated rings. The lowest BCUT2D eigenvalue weighted by atomic mass is 10.1. The van der Waals surface area contributed by atoms with E-state index in [1.807, 2.05) is 53.2 Å². The summed E-state index contributed by atoms with van der Waals surface area (Å²) in [6.07, 6.45) is 3.32. The molecule has 24 heavy (non-hydrogen) atoms. The topological polar surface area (TPSA) is 74.5 Å². The summed E-state index contributed by atoms with van der Waals surface area (Å²) in [6, 6.07) is 19.0. The molecule has 1 N–H and O–H groups in total. The fraction of sp³-hybridized carbons (Fsp3) is 0. The first-order chi connectivity index (χ1) is 11.8. The van der Waals surface area contributed by atoms with Gasteiger partial charge in [0.1, 0.15) is 0 Å². The van der Waals surface area contributed by atoms with E-state index in [9.17, 15) is 4.79 Å². The Hall–Kier alpha value is -3.65. The van der Waals surface area contributed by atoms with E-state index < -0.39 is 0 Å². The zero-order valence-electron chi connectivity index (χ0n) is 12.6. The Balaban J connectivity index is 2.02. The van der Waals surface area contributed by atoms with Crippen LogP contribution >= 0.6 is 0 Å². The molecule has 4 rings (SSSR count). The van der Waals surface area contributed by atoms with Crippen molar-refractivity contribution in [1.29, 1.82) is 5.26 Å². The van der Waals surface area contributed by atoms with Gasteiger partial charge in [-0.2, -0.15) is 5.26 Å². The van der Waals surface area contributed by atoms with Crippen LogP contribution in [0.3, 0.4) is 0 Å². The number of fused-ring (bicyclic) bond motifs is 1. The minimum Gasteiger partial charge on any atom is -0.312 e. The van der Waals surface area contributed by atoms with Gasteiger partial charge in [0.25, 0.3) is 5.56 Å². The Morgan fingerprint density at radius 1 is 1.04 bits per heavy atom. The van der Waals surface area contributed by atoms with Gasteiger partial charge in [-0.1, -0.05) is 30.3 Å². The van der Waals surface area contributed by atoms with Crippen LogP contribution in [-0.4, -0.2) is 14.5 Å². The lowest BCUT2D eigenvalue weighted by Crippen LogP contribution is -2.07. The zero-order valence-corrected chi connectivity index (χ0v) is 12.6. The van der Waals surface area contributed by atoms with E-state index in [2.05, 4.69) is 16.0 Å². The van der Waals surface area contributed by atoms with Crippen LogP contribution in [0.5, 0.6) is 0 Å². The van der Waals surface area contributed by atoms with Crippen molar-refractivity contribution < 1.29 is 0 Å². The number of benzene rings is 2. The highest BCUT2D eigenvalue weighted by Crippen LogP contribution is 2.29. The second kappa shape index (κ2) is 5.52. The molecule has 2 aromatic heterocycles. The van der Waals surface area contributed by atoms with E-state index in [-0.39, 0.29) is 5.56 Å². The number of hydrogen-bond acceptors (Lipinski definition) is 3. The van der Waals surface area contributed by atoms with Gasteiger partial charge in [0.05, 0.1) is 23.3 Å². The first-order valence-corrected chi connectivity index (χ1v) is 7.42. The molecule has 4 aromatic rings. The van der Waals surface area contributed by atoms with Gasteiger partial charge < -0.3 is 9.55 Å². The summed E-state index contributed by atoms with van der Waals surface area (Å²) < 4.78 is 1.90. The summed E-state index contributed by atoms with van der Waals surface area (Å²) >= 11 is 0. The van der Waals surface area contributed by atoms with Gasteiger partial charge in [0, 0.05) is 17.4 Å². The minimum absolute atomic E-state index is 0.186. The largest absolute Gasteiger partial charge is 0.312 e.